The number of carbonyl (C=O) groups is 1. The molecule has 0 aliphatic heterocycles. The number of hydrogen-bond acceptors (Lipinski definition) is 4. The number of likely N-dealkylation sites (N-methyl/N-ethyl adjacent to an activating group) is 1. The van der Waals surface area contributed by atoms with E-state index in [2.05, 4.69) is 0 Å². The average Bonchev–Trinajstić information content (AvgIpc) is 2.91. The second-order valence-corrected chi connectivity index (χ2v) is 6.27. The van der Waals surface area contributed by atoms with Crippen LogP contribution >= 0.6 is 22.9 Å². The Kier molecular flexibility index (Phi) is 5.22. The molecule has 1 aromatic heterocycles. The number of rotatable bonds is 5. The van der Waals surface area contributed by atoms with E-state index in [1.165, 1.54) is 16.2 Å². The predicted molar refractivity (Wildman–Crippen MR) is 83.5 cm³/mol. The Balaban J connectivity index is 2.13. The zero-order chi connectivity index (χ0) is 15.4. The molecule has 0 aliphatic rings. The van der Waals surface area contributed by atoms with E-state index >= 15 is 0 Å². The summed E-state index contributed by atoms with van der Waals surface area (Å²) in [5, 5.41) is 19.9. The standard InChI is InChI=1S/C15H16ClNO3S/c1-2-17(9-10-5-3-4-6-11(10)18)15(20)14(19)12-7-8-13(16)21-12/h3-8,14,18-19H,2,9H2,1H3. The number of aromatic hydroxyl groups is 1. The van der Waals surface area contributed by atoms with Gasteiger partial charge in [-0.25, -0.2) is 0 Å². The molecule has 1 heterocycles. The lowest BCUT2D eigenvalue weighted by Gasteiger charge is -2.23. The lowest BCUT2D eigenvalue weighted by molar-refractivity contribution is -0.140. The maximum atomic E-state index is 12.4. The second-order valence-electron chi connectivity index (χ2n) is 4.53. The third-order valence-electron chi connectivity index (χ3n) is 3.14. The maximum Gasteiger partial charge on any atom is 0.257 e. The highest BCUT2D eigenvalue weighted by atomic mass is 35.5. The molecule has 0 aliphatic carbocycles. The van der Waals surface area contributed by atoms with Gasteiger partial charge in [0.05, 0.1) is 4.34 Å². The molecule has 1 unspecified atom stereocenters. The van der Waals surface area contributed by atoms with E-state index in [4.69, 9.17) is 11.6 Å². The van der Waals surface area contributed by atoms with Gasteiger partial charge in [-0.05, 0) is 25.1 Å². The summed E-state index contributed by atoms with van der Waals surface area (Å²) in [5.41, 5.74) is 0.643. The molecule has 0 bridgehead atoms. The number of carbonyl (C=O) groups excluding carboxylic acids is 1. The van der Waals surface area contributed by atoms with Crippen LogP contribution in [0.2, 0.25) is 4.34 Å². The van der Waals surface area contributed by atoms with E-state index in [0.29, 0.717) is 21.3 Å². The van der Waals surface area contributed by atoms with Crippen molar-refractivity contribution in [2.75, 3.05) is 6.54 Å². The summed E-state index contributed by atoms with van der Waals surface area (Å²) in [6.45, 7) is 2.51. The van der Waals surface area contributed by atoms with Gasteiger partial charge < -0.3 is 15.1 Å². The van der Waals surface area contributed by atoms with E-state index in [1.807, 2.05) is 6.92 Å². The number of aliphatic hydroxyl groups excluding tert-OH is 1. The minimum atomic E-state index is -1.23. The first-order chi connectivity index (χ1) is 10.0. The summed E-state index contributed by atoms with van der Waals surface area (Å²) in [4.78, 5) is 14.4. The third kappa shape index (κ3) is 3.75. The lowest BCUT2D eigenvalue weighted by atomic mass is 10.1. The molecule has 0 saturated carbocycles. The van der Waals surface area contributed by atoms with Crippen molar-refractivity contribution < 1.29 is 15.0 Å². The Morgan fingerprint density at radius 2 is 2.05 bits per heavy atom. The Morgan fingerprint density at radius 1 is 1.33 bits per heavy atom. The van der Waals surface area contributed by atoms with Crippen LogP contribution in [0, 0.1) is 0 Å². The molecular weight excluding hydrogens is 310 g/mol. The monoisotopic (exact) mass is 325 g/mol. The number of amides is 1. The Bertz CT molecular complexity index is 629. The number of phenols is 1. The van der Waals surface area contributed by atoms with Crippen LogP contribution in [0.4, 0.5) is 0 Å². The van der Waals surface area contributed by atoms with Crippen molar-refractivity contribution in [3.63, 3.8) is 0 Å². The smallest absolute Gasteiger partial charge is 0.257 e. The molecular formula is C15H16ClNO3S. The number of thiophene rings is 1. The van der Waals surface area contributed by atoms with E-state index in [9.17, 15) is 15.0 Å². The van der Waals surface area contributed by atoms with Crippen molar-refractivity contribution in [3.05, 3.63) is 51.2 Å². The highest BCUT2D eigenvalue weighted by Crippen LogP contribution is 2.28. The number of halogens is 1. The summed E-state index contributed by atoms with van der Waals surface area (Å²) in [7, 11) is 0. The average molecular weight is 326 g/mol. The van der Waals surface area contributed by atoms with Crippen molar-refractivity contribution in [1.29, 1.82) is 0 Å². The van der Waals surface area contributed by atoms with Gasteiger partial charge in [-0.3, -0.25) is 4.79 Å². The maximum absolute atomic E-state index is 12.4. The van der Waals surface area contributed by atoms with Gasteiger partial charge in [-0.1, -0.05) is 29.8 Å². The second kappa shape index (κ2) is 6.93. The molecule has 1 amide bonds. The summed E-state index contributed by atoms with van der Waals surface area (Å²) < 4.78 is 0.528. The van der Waals surface area contributed by atoms with Gasteiger partial charge in [0.1, 0.15) is 5.75 Å². The Labute approximate surface area is 132 Å². The molecule has 21 heavy (non-hydrogen) atoms. The number of aliphatic hydroxyl groups is 1. The molecule has 0 radical (unpaired) electrons. The highest BCUT2D eigenvalue weighted by Gasteiger charge is 2.24. The van der Waals surface area contributed by atoms with Crippen LogP contribution in [-0.4, -0.2) is 27.6 Å². The molecule has 0 fully saturated rings. The topological polar surface area (TPSA) is 60.8 Å². The molecule has 1 aromatic carbocycles. The van der Waals surface area contributed by atoms with E-state index < -0.39 is 12.0 Å². The van der Waals surface area contributed by atoms with Crippen molar-refractivity contribution in [2.24, 2.45) is 0 Å². The quantitative estimate of drug-likeness (QED) is 0.887. The molecule has 2 N–H and O–H groups in total. The van der Waals surface area contributed by atoms with E-state index in [-0.39, 0.29) is 12.3 Å². The molecule has 0 spiro atoms. The fraction of sp³-hybridized carbons (Fsp3) is 0.267. The first-order valence-corrected chi connectivity index (χ1v) is 7.71. The normalized spacial score (nSPS) is 12.1. The fourth-order valence-electron chi connectivity index (χ4n) is 1.97. The van der Waals surface area contributed by atoms with Crippen LogP contribution in [0.25, 0.3) is 0 Å². The molecule has 6 heteroatoms. The van der Waals surface area contributed by atoms with Gasteiger partial charge in [0.15, 0.2) is 6.10 Å². The molecule has 1 atom stereocenters. The number of phenolic OH excluding ortho intramolecular Hbond substituents is 1. The van der Waals surface area contributed by atoms with E-state index in [0.717, 1.165) is 0 Å². The van der Waals surface area contributed by atoms with Gasteiger partial charge in [0.2, 0.25) is 0 Å². The van der Waals surface area contributed by atoms with Crippen LogP contribution in [0.1, 0.15) is 23.5 Å². The van der Waals surface area contributed by atoms with Gasteiger partial charge >= 0.3 is 0 Å². The molecule has 112 valence electrons. The Hall–Kier alpha value is -1.56. The summed E-state index contributed by atoms with van der Waals surface area (Å²) in [5.74, 6) is -0.267. The minimum absolute atomic E-state index is 0.136. The summed E-state index contributed by atoms with van der Waals surface area (Å²) >= 11 is 7.00. The van der Waals surface area contributed by atoms with Crippen LogP contribution in [0.5, 0.6) is 5.75 Å². The third-order valence-corrected chi connectivity index (χ3v) is 4.43. The first-order valence-electron chi connectivity index (χ1n) is 6.52. The number of benzene rings is 1. The van der Waals surface area contributed by atoms with Crippen molar-refractivity contribution in [1.82, 2.24) is 4.90 Å². The first kappa shape index (κ1) is 15.8. The van der Waals surface area contributed by atoms with Crippen molar-refractivity contribution in [3.8, 4) is 5.75 Å². The highest BCUT2D eigenvalue weighted by molar-refractivity contribution is 7.16. The van der Waals surface area contributed by atoms with Crippen LogP contribution < -0.4 is 0 Å². The zero-order valence-electron chi connectivity index (χ0n) is 11.5. The van der Waals surface area contributed by atoms with Crippen molar-refractivity contribution in [2.45, 2.75) is 19.6 Å². The lowest BCUT2D eigenvalue weighted by Crippen LogP contribution is -2.34. The minimum Gasteiger partial charge on any atom is -0.508 e. The van der Waals surface area contributed by atoms with Gasteiger partial charge in [0, 0.05) is 23.5 Å². The number of hydrogen-bond donors (Lipinski definition) is 2. The van der Waals surface area contributed by atoms with Gasteiger partial charge in [-0.2, -0.15) is 0 Å². The van der Waals surface area contributed by atoms with E-state index in [1.54, 1.807) is 36.4 Å². The summed E-state index contributed by atoms with van der Waals surface area (Å²) in [6.07, 6.45) is -1.23. The number of nitrogens with zero attached hydrogens (tertiary/aromatic N) is 1. The van der Waals surface area contributed by atoms with Gasteiger partial charge in [-0.15, -0.1) is 11.3 Å². The SMILES string of the molecule is CCN(Cc1ccccc1O)C(=O)C(O)c1ccc(Cl)s1. The van der Waals surface area contributed by atoms with Crippen LogP contribution in [-0.2, 0) is 11.3 Å². The van der Waals surface area contributed by atoms with Crippen LogP contribution in [0.15, 0.2) is 36.4 Å². The molecule has 4 nitrogen and oxygen atoms in total. The number of para-hydroxylation sites is 1. The molecule has 0 saturated heterocycles. The zero-order valence-corrected chi connectivity index (χ0v) is 13.1. The fourth-order valence-corrected chi connectivity index (χ4v) is 3.01. The molecule has 2 aromatic rings. The van der Waals surface area contributed by atoms with Gasteiger partial charge in [0.25, 0.3) is 5.91 Å². The Morgan fingerprint density at radius 3 is 2.62 bits per heavy atom. The molecule has 2 rings (SSSR count). The summed E-state index contributed by atoms with van der Waals surface area (Å²) in [6, 6.07) is 10.1. The predicted octanol–water partition coefficient (Wildman–Crippen LogP) is 3.19. The largest absolute Gasteiger partial charge is 0.508 e. The van der Waals surface area contributed by atoms with Crippen molar-refractivity contribution >= 4 is 28.8 Å². The van der Waals surface area contributed by atoms with Crippen LogP contribution in [0.3, 0.4) is 0 Å².